The zero-order chi connectivity index (χ0) is 12.3. The molecule has 0 aromatic carbocycles. The van der Waals surface area contributed by atoms with Crippen LogP contribution in [0.3, 0.4) is 0 Å². The van der Waals surface area contributed by atoms with Crippen LogP contribution in [0.5, 0.6) is 0 Å². The van der Waals surface area contributed by atoms with E-state index in [1.807, 2.05) is 0 Å². The Balaban J connectivity index is 2.01. The molecule has 0 saturated carbocycles. The van der Waals surface area contributed by atoms with Gasteiger partial charge in [0.15, 0.2) is 5.65 Å². The lowest BCUT2D eigenvalue weighted by Gasteiger charge is -2.15. The van der Waals surface area contributed by atoms with Gasteiger partial charge in [0.1, 0.15) is 5.82 Å². The number of hydrogen-bond acceptors (Lipinski definition) is 6. The Bertz CT molecular complexity index is 478. The Hall–Kier alpha value is -1.76. The van der Waals surface area contributed by atoms with Crippen LogP contribution in [0, 0.1) is 5.92 Å². The molecule has 0 aliphatic heterocycles. The lowest BCUT2D eigenvalue weighted by molar-refractivity contribution is 0.507. The van der Waals surface area contributed by atoms with Crippen molar-refractivity contribution < 1.29 is 0 Å². The molecule has 1 unspecified atom stereocenters. The normalized spacial score (nSPS) is 13.2. The van der Waals surface area contributed by atoms with E-state index >= 15 is 0 Å². The molecule has 0 spiro atoms. The average Bonchev–Trinajstić information content (AvgIpc) is 2.73. The molecule has 0 aliphatic carbocycles. The van der Waals surface area contributed by atoms with E-state index in [0.717, 1.165) is 12.2 Å². The van der Waals surface area contributed by atoms with E-state index in [9.17, 15) is 0 Å². The lowest BCUT2D eigenvalue weighted by atomic mass is 10.0. The molecule has 7 nitrogen and oxygen atoms in total. The molecular weight excluding hydrogens is 218 g/mol. The molecule has 1 atom stereocenters. The average molecular weight is 235 g/mol. The Morgan fingerprint density at radius 2 is 2.24 bits per heavy atom. The van der Waals surface area contributed by atoms with Crippen molar-refractivity contribution in [1.82, 2.24) is 25.0 Å². The number of rotatable bonds is 5. The maximum atomic E-state index is 6.00. The highest BCUT2D eigenvalue weighted by atomic mass is 15.5. The highest BCUT2D eigenvalue weighted by molar-refractivity contribution is 5.43. The van der Waals surface area contributed by atoms with Crippen molar-refractivity contribution in [2.24, 2.45) is 11.7 Å². The first-order valence-electron chi connectivity index (χ1n) is 5.68. The predicted octanol–water partition coefficient (Wildman–Crippen LogP) is 0.305. The number of aromatic nitrogens is 5. The topological polar surface area (TPSA) is 94.0 Å². The molecule has 92 valence electrons. The summed E-state index contributed by atoms with van der Waals surface area (Å²) in [6.45, 7) is 4.99. The van der Waals surface area contributed by atoms with Gasteiger partial charge in [0.05, 0.1) is 12.4 Å². The first-order chi connectivity index (χ1) is 8.16. The maximum Gasteiger partial charge on any atom is 0.199 e. The highest BCUT2D eigenvalue weighted by Gasteiger charge is 2.07. The fraction of sp³-hybridized carbons (Fsp3) is 0.600. The van der Waals surface area contributed by atoms with Gasteiger partial charge in [-0.2, -0.15) is 4.52 Å². The number of anilines is 1. The quantitative estimate of drug-likeness (QED) is 0.774. The largest absolute Gasteiger partial charge is 0.367 e. The first-order valence-corrected chi connectivity index (χ1v) is 5.68. The SMILES string of the molecule is CC(C)CC(N)CNc1cncc2nnnn12. The van der Waals surface area contributed by atoms with Crippen LogP contribution in [0.25, 0.3) is 5.65 Å². The van der Waals surface area contributed by atoms with Crippen molar-refractivity contribution in [1.29, 1.82) is 0 Å². The van der Waals surface area contributed by atoms with Crippen LogP contribution in [0.4, 0.5) is 5.82 Å². The standard InChI is InChI=1S/C10H17N7/c1-7(2)3-8(11)4-13-9-5-12-6-10-14-15-16-17(9)10/h5-8,13H,3-4,11H2,1-2H3. The number of tetrazole rings is 1. The molecule has 0 fully saturated rings. The number of nitrogens with zero attached hydrogens (tertiary/aromatic N) is 5. The van der Waals surface area contributed by atoms with E-state index < -0.39 is 0 Å². The molecule has 0 saturated heterocycles. The van der Waals surface area contributed by atoms with Crippen molar-refractivity contribution in [3.05, 3.63) is 12.4 Å². The monoisotopic (exact) mass is 235 g/mol. The summed E-state index contributed by atoms with van der Waals surface area (Å²) in [6.07, 6.45) is 4.27. The number of fused-ring (bicyclic) bond motifs is 1. The van der Waals surface area contributed by atoms with Crippen LogP contribution >= 0.6 is 0 Å². The summed E-state index contributed by atoms with van der Waals surface area (Å²) in [4.78, 5) is 4.06. The molecule has 0 radical (unpaired) electrons. The minimum atomic E-state index is 0.113. The molecule has 17 heavy (non-hydrogen) atoms. The van der Waals surface area contributed by atoms with E-state index in [0.29, 0.717) is 18.1 Å². The third-order valence-corrected chi connectivity index (χ3v) is 2.43. The molecule has 0 amide bonds. The second-order valence-electron chi connectivity index (χ2n) is 4.51. The minimum absolute atomic E-state index is 0.113. The second kappa shape index (κ2) is 5.05. The van der Waals surface area contributed by atoms with Gasteiger partial charge in [-0.3, -0.25) is 4.98 Å². The van der Waals surface area contributed by atoms with E-state index in [1.54, 1.807) is 16.9 Å². The molecule has 2 heterocycles. The van der Waals surface area contributed by atoms with Crippen LogP contribution in [0.1, 0.15) is 20.3 Å². The van der Waals surface area contributed by atoms with Crippen molar-refractivity contribution >= 4 is 11.5 Å². The molecule has 2 rings (SSSR count). The zero-order valence-electron chi connectivity index (χ0n) is 10.0. The highest BCUT2D eigenvalue weighted by Crippen LogP contribution is 2.07. The van der Waals surface area contributed by atoms with Gasteiger partial charge in [0.2, 0.25) is 0 Å². The van der Waals surface area contributed by atoms with Crippen molar-refractivity contribution in [2.45, 2.75) is 26.3 Å². The van der Waals surface area contributed by atoms with Gasteiger partial charge in [0, 0.05) is 12.6 Å². The van der Waals surface area contributed by atoms with Gasteiger partial charge in [0.25, 0.3) is 0 Å². The third-order valence-electron chi connectivity index (χ3n) is 2.43. The summed E-state index contributed by atoms with van der Waals surface area (Å²) in [7, 11) is 0. The van der Waals surface area contributed by atoms with Gasteiger partial charge >= 0.3 is 0 Å². The Morgan fingerprint density at radius 3 is 3.00 bits per heavy atom. The molecule has 2 aromatic heterocycles. The lowest BCUT2D eigenvalue weighted by Crippen LogP contribution is -2.31. The fourth-order valence-corrected chi connectivity index (χ4v) is 1.72. The van der Waals surface area contributed by atoms with E-state index in [1.165, 1.54) is 0 Å². The van der Waals surface area contributed by atoms with Gasteiger partial charge in [-0.25, -0.2) is 0 Å². The van der Waals surface area contributed by atoms with Crippen LogP contribution in [-0.4, -0.2) is 37.6 Å². The fourth-order valence-electron chi connectivity index (χ4n) is 1.72. The van der Waals surface area contributed by atoms with Crippen LogP contribution in [0.15, 0.2) is 12.4 Å². The van der Waals surface area contributed by atoms with Crippen molar-refractivity contribution in [2.75, 3.05) is 11.9 Å². The molecule has 2 aromatic rings. The summed E-state index contributed by atoms with van der Waals surface area (Å²) < 4.78 is 1.61. The van der Waals surface area contributed by atoms with E-state index in [4.69, 9.17) is 5.73 Å². The van der Waals surface area contributed by atoms with Crippen LogP contribution < -0.4 is 11.1 Å². The van der Waals surface area contributed by atoms with Gasteiger partial charge < -0.3 is 11.1 Å². The Labute approximate surface area is 99.4 Å². The summed E-state index contributed by atoms with van der Waals surface area (Å²) in [5, 5.41) is 14.5. The van der Waals surface area contributed by atoms with Gasteiger partial charge in [-0.05, 0) is 22.8 Å². The summed E-state index contributed by atoms with van der Waals surface area (Å²) >= 11 is 0. The molecule has 3 N–H and O–H groups in total. The molecule has 0 bridgehead atoms. The third kappa shape index (κ3) is 2.88. The smallest absolute Gasteiger partial charge is 0.199 e. The summed E-state index contributed by atoms with van der Waals surface area (Å²) in [5.41, 5.74) is 6.62. The van der Waals surface area contributed by atoms with Crippen LogP contribution in [-0.2, 0) is 0 Å². The maximum absolute atomic E-state index is 6.00. The first kappa shape index (κ1) is 11.7. The molecule has 7 heteroatoms. The predicted molar refractivity (Wildman–Crippen MR) is 64.5 cm³/mol. The van der Waals surface area contributed by atoms with E-state index in [2.05, 4.69) is 39.7 Å². The number of nitrogens with two attached hydrogens (primary N) is 1. The number of hydrogen-bond donors (Lipinski definition) is 2. The van der Waals surface area contributed by atoms with Crippen molar-refractivity contribution in [3.63, 3.8) is 0 Å². The van der Waals surface area contributed by atoms with Crippen molar-refractivity contribution in [3.8, 4) is 0 Å². The van der Waals surface area contributed by atoms with Crippen LogP contribution in [0.2, 0.25) is 0 Å². The minimum Gasteiger partial charge on any atom is -0.367 e. The van der Waals surface area contributed by atoms with E-state index in [-0.39, 0.29) is 6.04 Å². The summed E-state index contributed by atoms with van der Waals surface area (Å²) in [6, 6.07) is 0.113. The molecular formula is C10H17N7. The van der Waals surface area contributed by atoms with Gasteiger partial charge in [-0.15, -0.1) is 5.10 Å². The Morgan fingerprint density at radius 1 is 1.41 bits per heavy atom. The Kier molecular flexibility index (Phi) is 3.48. The second-order valence-corrected chi connectivity index (χ2v) is 4.51. The summed E-state index contributed by atoms with van der Waals surface area (Å²) in [5.74, 6) is 1.35. The molecule has 0 aliphatic rings. The zero-order valence-corrected chi connectivity index (χ0v) is 10.0. The van der Waals surface area contributed by atoms with Gasteiger partial charge in [-0.1, -0.05) is 13.8 Å². The number of nitrogens with one attached hydrogen (secondary N) is 1.